The minimum atomic E-state index is 0.0189. The summed E-state index contributed by atoms with van der Waals surface area (Å²) in [5, 5.41) is 0. The van der Waals surface area contributed by atoms with Gasteiger partial charge in [0.1, 0.15) is 0 Å². The van der Waals surface area contributed by atoms with E-state index in [1.165, 1.54) is 0 Å². The second-order valence-electron chi connectivity index (χ2n) is 4.37. The fraction of sp³-hybridized carbons (Fsp3) is 0.417. The molecule has 0 radical (unpaired) electrons. The van der Waals surface area contributed by atoms with Crippen LogP contribution in [0.5, 0.6) is 0 Å². The van der Waals surface area contributed by atoms with Crippen LogP contribution in [-0.4, -0.2) is 12.5 Å². The maximum Gasteiger partial charge on any atom is 0.223 e. The highest BCUT2D eigenvalue weighted by molar-refractivity contribution is 5.99. The van der Waals surface area contributed by atoms with E-state index in [0.29, 0.717) is 17.3 Å². The SMILES string of the molecule is CC(=O)N1CCC(C)c2ccc(N)c(N)c21. The number of amides is 1. The summed E-state index contributed by atoms with van der Waals surface area (Å²) in [6, 6.07) is 3.79. The van der Waals surface area contributed by atoms with Gasteiger partial charge in [-0.1, -0.05) is 13.0 Å². The molecule has 1 aliphatic rings. The van der Waals surface area contributed by atoms with Crippen molar-refractivity contribution in [3.05, 3.63) is 17.7 Å². The van der Waals surface area contributed by atoms with Gasteiger partial charge in [-0.05, 0) is 24.0 Å². The molecule has 4 nitrogen and oxygen atoms in total. The van der Waals surface area contributed by atoms with Crippen molar-refractivity contribution in [1.82, 2.24) is 0 Å². The van der Waals surface area contributed by atoms with Crippen LogP contribution in [0.15, 0.2) is 12.1 Å². The van der Waals surface area contributed by atoms with Gasteiger partial charge in [0, 0.05) is 13.5 Å². The van der Waals surface area contributed by atoms with Crippen LogP contribution < -0.4 is 16.4 Å². The number of nitrogens with zero attached hydrogens (tertiary/aromatic N) is 1. The molecule has 0 aliphatic carbocycles. The number of nitrogen functional groups attached to an aromatic ring is 2. The van der Waals surface area contributed by atoms with Crippen molar-refractivity contribution in [2.75, 3.05) is 22.9 Å². The Morgan fingerprint density at radius 2 is 2.12 bits per heavy atom. The Morgan fingerprint density at radius 1 is 1.44 bits per heavy atom. The fourth-order valence-corrected chi connectivity index (χ4v) is 2.24. The molecule has 16 heavy (non-hydrogen) atoms. The van der Waals surface area contributed by atoms with Gasteiger partial charge in [-0.3, -0.25) is 4.79 Å². The molecule has 2 rings (SSSR count). The maximum absolute atomic E-state index is 11.6. The summed E-state index contributed by atoms with van der Waals surface area (Å²) in [6.07, 6.45) is 0.968. The Hall–Kier alpha value is -1.71. The lowest BCUT2D eigenvalue weighted by Gasteiger charge is -2.33. The Kier molecular flexibility index (Phi) is 2.50. The first-order chi connectivity index (χ1) is 7.52. The highest BCUT2D eigenvalue weighted by Gasteiger charge is 2.27. The molecule has 0 fully saturated rings. The molecule has 4 N–H and O–H groups in total. The predicted octanol–water partition coefficient (Wildman–Crippen LogP) is 1.71. The second kappa shape index (κ2) is 3.70. The van der Waals surface area contributed by atoms with E-state index in [2.05, 4.69) is 6.92 Å². The molecule has 0 saturated heterocycles. The molecule has 86 valence electrons. The molecule has 1 aliphatic heterocycles. The van der Waals surface area contributed by atoms with Crippen molar-refractivity contribution in [2.24, 2.45) is 0 Å². The number of rotatable bonds is 0. The summed E-state index contributed by atoms with van der Waals surface area (Å²) in [7, 11) is 0. The zero-order chi connectivity index (χ0) is 11.9. The van der Waals surface area contributed by atoms with Gasteiger partial charge in [0.15, 0.2) is 0 Å². The van der Waals surface area contributed by atoms with Crippen molar-refractivity contribution < 1.29 is 4.79 Å². The number of carbonyl (C=O) groups excluding carboxylic acids is 1. The summed E-state index contributed by atoms with van der Waals surface area (Å²) < 4.78 is 0. The van der Waals surface area contributed by atoms with Gasteiger partial charge < -0.3 is 16.4 Å². The highest BCUT2D eigenvalue weighted by Crippen LogP contribution is 2.41. The van der Waals surface area contributed by atoms with E-state index in [-0.39, 0.29) is 5.91 Å². The molecular formula is C12H17N3O. The van der Waals surface area contributed by atoms with E-state index < -0.39 is 0 Å². The van der Waals surface area contributed by atoms with Gasteiger partial charge in [-0.15, -0.1) is 0 Å². The lowest BCUT2D eigenvalue weighted by molar-refractivity contribution is -0.116. The lowest BCUT2D eigenvalue weighted by Crippen LogP contribution is -2.35. The Morgan fingerprint density at radius 3 is 2.75 bits per heavy atom. The number of carbonyl (C=O) groups is 1. The normalized spacial score (nSPS) is 19.4. The topological polar surface area (TPSA) is 72.3 Å². The summed E-state index contributed by atoms with van der Waals surface area (Å²) in [5.74, 6) is 0.443. The van der Waals surface area contributed by atoms with Gasteiger partial charge in [0.25, 0.3) is 0 Å². The van der Waals surface area contributed by atoms with Crippen molar-refractivity contribution in [2.45, 2.75) is 26.2 Å². The van der Waals surface area contributed by atoms with Crippen LogP contribution in [0.1, 0.15) is 31.7 Å². The second-order valence-corrected chi connectivity index (χ2v) is 4.37. The summed E-state index contributed by atoms with van der Waals surface area (Å²) in [4.78, 5) is 13.3. The van der Waals surface area contributed by atoms with Crippen molar-refractivity contribution in [3.8, 4) is 0 Å². The highest BCUT2D eigenvalue weighted by atomic mass is 16.2. The van der Waals surface area contributed by atoms with E-state index in [1.54, 1.807) is 11.8 Å². The van der Waals surface area contributed by atoms with Gasteiger partial charge in [-0.25, -0.2) is 0 Å². The van der Waals surface area contributed by atoms with Crippen LogP contribution in [0.2, 0.25) is 0 Å². The minimum Gasteiger partial charge on any atom is -0.397 e. The molecule has 0 bridgehead atoms. The molecular weight excluding hydrogens is 202 g/mol. The van der Waals surface area contributed by atoms with Gasteiger partial charge in [-0.2, -0.15) is 0 Å². The summed E-state index contributed by atoms with van der Waals surface area (Å²) in [6.45, 7) is 4.42. The molecule has 1 aromatic rings. The molecule has 1 atom stereocenters. The molecule has 1 amide bonds. The predicted molar refractivity (Wildman–Crippen MR) is 66.3 cm³/mol. The maximum atomic E-state index is 11.6. The van der Waals surface area contributed by atoms with E-state index in [0.717, 1.165) is 24.2 Å². The number of hydrogen-bond donors (Lipinski definition) is 2. The van der Waals surface area contributed by atoms with E-state index in [1.807, 2.05) is 12.1 Å². The minimum absolute atomic E-state index is 0.0189. The smallest absolute Gasteiger partial charge is 0.223 e. The van der Waals surface area contributed by atoms with Crippen molar-refractivity contribution in [1.29, 1.82) is 0 Å². The first kappa shape index (κ1) is 10.8. The fourth-order valence-electron chi connectivity index (χ4n) is 2.24. The number of hydrogen-bond acceptors (Lipinski definition) is 3. The molecule has 0 spiro atoms. The zero-order valence-corrected chi connectivity index (χ0v) is 9.66. The quantitative estimate of drug-likeness (QED) is 0.652. The Bertz CT molecular complexity index is 442. The Balaban J connectivity index is 2.62. The number of benzene rings is 1. The number of anilines is 3. The van der Waals surface area contributed by atoms with Gasteiger partial charge in [0.2, 0.25) is 5.91 Å². The molecule has 1 heterocycles. The zero-order valence-electron chi connectivity index (χ0n) is 9.66. The van der Waals surface area contributed by atoms with Crippen LogP contribution in [0.3, 0.4) is 0 Å². The third-order valence-corrected chi connectivity index (χ3v) is 3.25. The third kappa shape index (κ3) is 1.50. The summed E-state index contributed by atoms with van der Waals surface area (Å²) in [5.41, 5.74) is 14.8. The third-order valence-electron chi connectivity index (χ3n) is 3.25. The monoisotopic (exact) mass is 219 g/mol. The molecule has 1 aromatic carbocycles. The van der Waals surface area contributed by atoms with Gasteiger partial charge in [0.05, 0.1) is 17.1 Å². The molecule has 4 heteroatoms. The standard InChI is InChI=1S/C12H17N3O/c1-7-5-6-15(8(2)16)12-9(7)3-4-10(13)11(12)14/h3-4,7H,5-6,13-14H2,1-2H3. The lowest BCUT2D eigenvalue weighted by atomic mass is 9.90. The number of nitrogens with two attached hydrogens (primary N) is 2. The van der Waals surface area contributed by atoms with Crippen LogP contribution in [0.4, 0.5) is 17.1 Å². The summed E-state index contributed by atoms with van der Waals surface area (Å²) >= 11 is 0. The van der Waals surface area contributed by atoms with Crippen LogP contribution in [0, 0.1) is 0 Å². The largest absolute Gasteiger partial charge is 0.397 e. The number of fused-ring (bicyclic) bond motifs is 1. The van der Waals surface area contributed by atoms with E-state index in [4.69, 9.17) is 11.5 Å². The first-order valence-corrected chi connectivity index (χ1v) is 5.48. The van der Waals surface area contributed by atoms with Crippen LogP contribution in [-0.2, 0) is 4.79 Å². The molecule has 0 aromatic heterocycles. The average molecular weight is 219 g/mol. The molecule has 0 saturated carbocycles. The van der Waals surface area contributed by atoms with E-state index in [9.17, 15) is 4.79 Å². The average Bonchev–Trinajstić information content (AvgIpc) is 2.23. The van der Waals surface area contributed by atoms with Crippen LogP contribution in [0.25, 0.3) is 0 Å². The van der Waals surface area contributed by atoms with Crippen molar-refractivity contribution in [3.63, 3.8) is 0 Å². The first-order valence-electron chi connectivity index (χ1n) is 5.48. The van der Waals surface area contributed by atoms with Crippen LogP contribution >= 0.6 is 0 Å². The van der Waals surface area contributed by atoms with Crippen molar-refractivity contribution >= 4 is 23.0 Å². The Labute approximate surface area is 95.2 Å². The molecule has 1 unspecified atom stereocenters. The van der Waals surface area contributed by atoms with E-state index >= 15 is 0 Å². The van der Waals surface area contributed by atoms with Gasteiger partial charge >= 0.3 is 0 Å².